The first-order valence-corrected chi connectivity index (χ1v) is 8.80. The van der Waals surface area contributed by atoms with Gasteiger partial charge in [0, 0.05) is 18.6 Å². The molecule has 2 N–H and O–H groups in total. The van der Waals surface area contributed by atoms with Crippen LogP contribution in [-0.2, 0) is 4.79 Å². The van der Waals surface area contributed by atoms with Crippen LogP contribution in [0.2, 0.25) is 0 Å². The predicted molar refractivity (Wildman–Crippen MR) is 83.4 cm³/mol. The van der Waals surface area contributed by atoms with Gasteiger partial charge in [0.2, 0.25) is 0 Å². The van der Waals surface area contributed by atoms with Gasteiger partial charge in [-0.2, -0.15) is 0 Å². The molecular formula is C17H30N2O2. The minimum Gasteiger partial charge on any atom is -0.480 e. The molecule has 0 aromatic heterocycles. The van der Waals surface area contributed by atoms with Gasteiger partial charge in [-0.15, -0.1) is 0 Å². The molecule has 0 amide bonds. The maximum Gasteiger partial charge on any atom is 0.323 e. The molecule has 0 bridgehead atoms. The third-order valence-electron chi connectivity index (χ3n) is 5.85. The molecule has 4 heteroatoms. The number of nitrogens with one attached hydrogen (secondary N) is 1. The van der Waals surface area contributed by atoms with E-state index in [1.54, 1.807) is 0 Å². The molecule has 0 radical (unpaired) electrons. The van der Waals surface area contributed by atoms with Gasteiger partial charge in [0.05, 0.1) is 0 Å². The van der Waals surface area contributed by atoms with Crippen LogP contribution in [-0.4, -0.2) is 47.2 Å². The molecule has 3 saturated carbocycles. The molecule has 3 rings (SSSR count). The molecule has 3 fully saturated rings. The van der Waals surface area contributed by atoms with Crippen molar-refractivity contribution in [2.24, 2.45) is 5.92 Å². The number of rotatable bonds is 6. The number of carboxylic acids is 1. The zero-order chi connectivity index (χ0) is 14.9. The fourth-order valence-electron chi connectivity index (χ4n) is 4.33. The topological polar surface area (TPSA) is 52.6 Å². The summed E-state index contributed by atoms with van der Waals surface area (Å²) in [6, 6.07) is 0.901. The molecule has 4 nitrogen and oxygen atoms in total. The Kier molecular flexibility index (Phi) is 4.55. The normalized spacial score (nSPS) is 34.5. The second-order valence-corrected chi connectivity index (χ2v) is 7.65. The van der Waals surface area contributed by atoms with E-state index in [9.17, 15) is 9.90 Å². The fraction of sp³-hybridized carbons (Fsp3) is 0.941. The highest BCUT2D eigenvalue weighted by Crippen LogP contribution is 2.37. The van der Waals surface area contributed by atoms with E-state index < -0.39 is 11.5 Å². The minimum absolute atomic E-state index is 0.439. The summed E-state index contributed by atoms with van der Waals surface area (Å²) in [5, 5.41) is 13.1. The number of nitrogens with zero attached hydrogens (tertiary/aromatic N) is 1. The van der Waals surface area contributed by atoms with E-state index in [1.165, 1.54) is 32.1 Å². The standard InChI is InChI=1S/C17H30N2O2/c1-19(12-13-5-3-2-4-6-13)15-9-10-17(11-15,16(20)21)18-14-7-8-14/h13-15,18H,2-12H2,1H3,(H,20,21). The number of hydrogen-bond donors (Lipinski definition) is 2. The van der Waals surface area contributed by atoms with E-state index in [1.807, 2.05) is 0 Å². The summed E-state index contributed by atoms with van der Waals surface area (Å²) in [6.07, 6.45) is 11.8. The molecule has 2 unspecified atom stereocenters. The van der Waals surface area contributed by atoms with Crippen LogP contribution in [0.5, 0.6) is 0 Å². The Morgan fingerprint density at radius 2 is 1.90 bits per heavy atom. The Balaban J connectivity index is 1.55. The van der Waals surface area contributed by atoms with Gasteiger partial charge in [0.1, 0.15) is 5.54 Å². The number of carboxylic acid groups (broad SMARTS) is 1. The summed E-state index contributed by atoms with van der Waals surface area (Å²) in [5.41, 5.74) is -0.646. The van der Waals surface area contributed by atoms with E-state index in [-0.39, 0.29) is 0 Å². The number of hydrogen-bond acceptors (Lipinski definition) is 3. The summed E-state index contributed by atoms with van der Waals surface area (Å²) in [5.74, 6) is 0.197. The van der Waals surface area contributed by atoms with Gasteiger partial charge in [-0.25, -0.2) is 0 Å². The van der Waals surface area contributed by atoms with Gasteiger partial charge in [-0.1, -0.05) is 19.3 Å². The van der Waals surface area contributed by atoms with Crippen molar-refractivity contribution in [1.29, 1.82) is 0 Å². The smallest absolute Gasteiger partial charge is 0.323 e. The zero-order valence-electron chi connectivity index (χ0n) is 13.3. The summed E-state index contributed by atoms with van der Waals surface area (Å²) >= 11 is 0. The molecule has 0 aromatic rings. The zero-order valence-corrected chi connectivity index (χ0v) is 13.3. The lowest BCUT2D eigenvalue weighted by Crippen LogP contribution is -2.52. The van der Waals surface area contributed by atoms with Gasteiger partial charge in [-0.05, 0) is 57.9 Å². The highest BCUT2D eigenvalue weighted by atomic mass is 16.4. The molecular weight excluding hydrogens is 264 g/mol. The average molecular weight is 294 g/mol. The molecule has 3 aliphatic rings. The first-order valence-electron chi connectivity index (χ1n) is 8.80. The van der Waals surface area contributed by atoms with Crippen molar-refractivity contribution in [1.82, 2.24) is 10.2 Å². The lowest BCUT2D eigenvalue weighted by molar-refractivity contribution is -0.145. The molecule has 120 valence electrons. The summed E-state index contributed by atoms with van der Waals surface area (Å²) in [4.78, 5) is 14.2. The van der Waals surface area contributed by atoms with Crippen molar-refractivity contribution in [3.8, 4) is 0 Å². The Morgan fingerprint density at radius 3 is 2.52 bits per heavy atom. The van der Waals surface area contributed by atoms with Crippen LogP contribution in [0.25, 0.3) is 0 Å². The SMILES string of the molecule is CN(CC1CCCCC1)C1CCC(NC2CC2)(C(=O)O)C1. The molecule has 21 heavy (non-hydrogen) atoms. The van der Waals surface area contributed by atoms with E-state index in [4.69, 9.17) is 0 Å². The fourth-order valence-corrected chi connectivity index (χ4v) is 4.33. The Bertz CT molecular complexity index is 377. The van der Waals surface area contributed by atoms with Gasteiger partial charge >= 0.3 is 5.97 Å². The second-order valence-electron chi connectivity index (χ2n) is 7.65. The van der Waals surface area contributed by atoms with Crippen molar-refractivity contribution in [2.45, 2.75) is 81.8 Å². The van der Waals surface area contributed by atoms with E-state index in [2.05, 4.69) is 17.3 Å². The van der Waals surface area contributed by atoms with Crippen LogP contribution in [0.3, 0.4) is 0 Å². The Labute approximate surface area is 128 Å². The third-order valence-corrected chi connectivity index (χ3v) is 5.85. The average Bonchev–Trinajstić information content (AvgIpc) is 3.16. The van der Waals surface area contributed by atoms with Crippen LogP contribution in [0, 0.1) is 5.92 Å². The largest absolute Gasteiger partial charge is 0.480 e. The minimum atomic E-state index is -0.646. The number of carbonyl (C=O) groups is 1. The number of aliphatic carboxylic acids is 1. The van der Waals surface area contributed by atoms with Gasteiger partial charge in [-0.3, -0.25) is 10.1 Å². The predicted octanol–water partition coefficient (Wildman–Crippen LogP) is 2.63. The van der Waals surface area contributed by atoms with Crippen molar-refractivity contribution in [2.75, 3.05) is 13.6 Å². The van der Waals surface area contributed by atoms with Gasteiger partial charge < -0.3 is 10.0 Å². The third kappa shape index (κ3) is 3.59. The molecule has 0 saturated heterocycles. The highest BCUT2D eigenvalue weighted by Gasteiger charge is 2.48. The first kappa shape index (κ1) is 15.3. The Hall–Kier alpha value is -0.610. The van der Waals surface area contributed by atoms with Crippen molar-refractivity contribution < 1.29 is 9.90 Å². The van der Waals surface area contributed by atoms with Crippen molar-refractivity contribution in [3.05, 3.63) is 0 Å². The quantitative estimate of drug-likeness (QED) is 0.791. The summed E-state index contributed by atoms with van der Waals surface area (Å²) in [6.45, 7) is 1.16. The molecule has 0 spiro atoms. The lowest BCUT2D eigenvalue weighted by Gasteiger charge is -2.32. The van der Waals surface area contributed by atoms with Crippen molar-refractivity contribution in [3.63, 3.8) is 0 Å². The van der Waals surface area contributed by atoms with Crippen LogP contribution in [0.1, 0.15) is 64.2 Å². The maximum atomic E-state index is 11.8. The van der Waals surface area contributed by atoms with Crippen LogP contribution < -0.4 is 5.32 Å². The summed E-state index contributed by atoms with van der Waals surface area (Å²) < 4.78 is 0. The van der Waals surface area contributed by atoms with Crippen LogP contribution in [0.4, 0.5) is 0 Å². The molecule has 2 atom stereocenters. The Morgan fingerprint density at radius 1 is 1.19 bits per heavy atom. The van der Waals surface area contributed by atoms with Crippen LogP contribution >= 0.6 is 0 Å². The molecule has 0 aromatic carbocycles. The molecule has 0 heterocycles. The molecule has 3 aliphatic carbocycles. The molecule has 0 aliphatic heterocycles. The van der Waals surface area contributed by atoms with Gasteiger partial charge in [0.25, 0.3) is 0 Å². The van der Waals surface area contributed by atoms with Crippen LogP contribution in [0.15, 0.2) is 0 Å². The summed E-state index contributed by atoms with van der Waals surface area (Å²) in [7, 11) is 2.20. The van der Waals surface area contributed by atoms with Gasteiger partial charge in [0.15, 0.2) is 0 Å². The second kappa shape index (κ2) is 6.25. The monoisotopic (exact) mass is 294 g/mol. The van der Waals surface area contributed by atoms with E-state index in [0.717, 1.165) is 44.6 Å². The maximum absolute atomic E-state index is 11.8. The highest BCUT2D eigenvalue weighted by molar-refractivity contribution is 5.79. The van der Waals surface area contributed by atoms with Crippen molar-refractivity contribution >= 4 is 5.97 Å². The first-order chi connectivity index (χ1) is 10.1. The lowest BCUT2D eigenvalue weighted by atomic mass is 9.88. The van der Waals surface area contributed by atoms with E-state index in [0.29, 0.717) is 12.1 Å². The van der Waals surface area contributed by atoms with E-state index >= 15 is 0 Å².